The van der Waals surface area contributed by atoms with E-state index < -0.39 is 0 Å². The van der Waals surface area contributed by atoms with Gasteiger partial charge < -0.3 is 9.47 Å². The van der Waals surface area contributed by atoms with Crippen molar-refractivity contribution in [2.45, 2.75) is 19.8 Å². The molecule has 0 aliphatic carbocycles. The highest BCUT2D eigenvalue weighted by atomic mass is 32.1. The van der Waals surface area contributed by atoms with Gasteiger partial charge in [-0.05, 0) is 37.1 Å². The van der Waals surface area contributed by atoms with Crippen LogP contribution in [0.2, 0.25) is 0 Å². The summed E-state index contributed by atoms with van der Waals surface area (Å²) >= 11 is 4.41. The summed E-state index contributed by atoms with van der Waals surface area (Å²) in [6.45, 7) is 3.71. The van der Waals surface area contributed by atoms with Crippen LogP contribution in [0.1, 0.15) is 18.4 Å². The molecule has 0 spiro atoms. The summed E-state index contributed by atoms with van der Waals surface area (Å²) in [4.78, 5) is 0. The minimum absolute atomic E-state index is 0.0115. The fourth-order valence-corrected chi connectivity index (χ4v) is 2.52. The molecule has 1 aliphatic rings. The van der Waals surface area contributed by atoms with E-state index in [9.17, 15) is 4.39 Å². The van der Waals surface area contributed by atoms with Crippen molar-refractivity contribution >= 4 is 12.6 Å². The van der Waals surface area contributed by atoms with E-state index in [-0.39, 0.29) is 11.2 Å². The van der Waals surface area contributed by atoms with Gasteiger partial charge in [0, 0.05) is 18.6 Å². The van der Waals surface area contributed by atoms with E-state index in [1.807, 2.05) is 6.07 Å². The van der Waals surface area contributed by atoms with Gasteiger partial charge in [0.1, 0.15) is 0 Å². The lowest BCUT2D eigenvalue weighted by Gasteiger charge is -2.35. The Morgan fingerprint density at radius 2 is 2.11 bits per heavy atom. The molecule has 0 saturated carbocycles. The van der Waals surface area contributed by atoms with E-state index in [2.05, 4.69) is 12.6 Å². The maximum Gasteiger partial charge on any atom is 0.167 e. The van der Waals surface area contributed by atoms with Crippen LogP contribution in [-0.2, 0) is 4.74 Å². The number of hydrogen-bond acceptors (Lipinski definition) is 3. The first-order valence-electron chi connectivity index (χ1n) is 6.23. The molecule has 100 valence electrons. The number of halogens is 1. The fourth-order valence-electron chi connectivity index (χ4n) is 2.12. The quantitative estimate of drug-likeness (QED) is 0.847. The van der Waals surface area contributed by atoms with Crippen molar-refractivity contribution in [1.29, 1.82) is 0 Å². The molecule has 1 aromatic rings. The molecular formula is C14H19FO2S. The molecule has 18 heavy (non-hydrogen) atoms. The molecule has 0 radical (unpaired) electrons. The van der Waals surface area contributed by atoms with E-state index in [0.29, 0.717) is 17.9 Å². The van der Waals surface area contributed by atoms with Crippen LogP contribution >= 0.6 is 12.6 Å². The lowest BCUT2D eigenvalue weighted by Crippen LogP contribution is -2.37. The molecule has 1 aliphatic heterocycles. The highest BCUT2D eigenvalue weighted by Gasteiger charge is 2.32. The second kappa shape index (κ2) is 5.93. The second-order valence-electron chi connectivity index (χ2n) is 4.95. The molecule has 1 saturated heterocycles. The van der Waals surface area contributed by atoms with Crippen LogP contribution in [-0.4, -0.2) is 25.6 Å². The van der Waals surface area contributed by atoms with Crippen LogP contribution in [0.3, 0.4) is 0 Å². The molecule has 2 nitrogen and oxygen atoms in total. The van der Waals surface area contributed by atoms with E-state index in [0.717, 1.165) is 31.8 Å². The Bertz CT molecular complexity index is 403. The molecule has 0 amide bonds. The van der Waals surface area contributed by atoms with Gasteiger partial charge in [-0.25, -0.2) is 4.39 Å². The largest absolute Gasteiger partial charge is 0.490 e. The zero-order valence-corrected chi connectivity index (χ0v) is 11.5. The third-order valence-electron chi connectivity index (χ3n) is 3.58. The van der Waals surface area contributed by atoms with Gasteiger partial charge >= 0.3 is 0 Å². The maximum atomic E-state index is 13.8. The van der Waals surface area contributed by atoms with E-state index in [1.54, 1.807) is 19.1 Å². The maximum absolute atomic E-state index is 13.8. The molecule has 1 aromatic carbocycles. The van der Waals surface area contributed by atoms with Gasteiger partial charge in [0.25, 0.3) is 0 Å². The fraction of sp³-hybridized carbons (Fsp3) is 0.571. The molecule has 0 N–H and O–H groups in total. The Balaban J connectivity index is 2.03. The van der Waals surface area contributed by atoms with Crippen molar-refractivity contribution in [3.8, 4) is 5.75 Å². The van der Waals surface area contributed by atoms with Crippen molar-refractivity contribution in [2.75, 3.05) is 25.6 Å². The Kier molecular flexibility index (Phi) is 4.51. The number of aryl methyl sites for hydroxylation is 1. The Labute approximate surface area is 113 Å². The summed E-state index contributed by atoms with van der Waals surface area (Å²) in [5.41, 5.74) is 0.622. The third kappa shape index (κ3) is 2.98. The molecule has 0 bridgehead atoms. The number of benzene rings is 1. The Hall–Kier alpha value is -0.740. The van der Waals surface area contributed by atoms with Crippen molar-refractivity contribution < 1.29 is 13.9 Å². The molecule has 0 atom stereocenters. The molecule has 0 aromatic heterocycles. The lowest BCUT2D eigenvalue weighted by molar-refractivity contribution is 0.00244. The van der Waals surface area contributed by atoms with Crippen LogP contribution in [0.4, 0.5) is 4.39 Å². The van der Waals surface area contributed by atoms with Crippen LogP contribution in [0, 0.1) is 18.2 Å². The monoisotopic (exact) mass is 270 g/mol. The van der Waals surface area contributed by atoms with Gasteiger partial charge in [-0.1, -0.05) is 12.1 Å². The predicted octanol–water partition coefficient (Wildman–Crippen LogP) is 3.24. The molecule has 4 heteroatoms. The average Bonchev–Trinajstić information content (AvgIpc) is 2.41. The summed E-state index contributed by atoms with van der Waals surface area (Å²) in [6.07, 6.45) is 1.84. The zero-order valence-electron chi connectivity index (χ0n) is 10.6. The molecule has 1 heterocycles. The van der Waals surface area contributed by atoms with Crippen LogP contribution in [0.5, 0.6) is 5.75 Å². The number of hydrogen-bond donors (Lipinski definition) is 1. The van der Waals surface area contributed by atoms with Gasteiger partial charge in [0.2, 0.25) is 0 Å². The minimum atomic E-state index is -0.265. The van der Waals surface area contributed by atoms with Crippen molar-refractivity contribution in [1.82, 2.24) is 0 Å². The summed E-state index contributed by atoms with van der Waals surface area (Å²) in [6, 6.07) is 5.23. The van der Waals surface area contributed by atoms with Crippen molar-refractivity contribution in [2.24, 2.45) is 5.41 Å². The Morgan fingerprint density at radius 1 is 1.39 bits per heavy atom. The molecule has 2 rings (SSSR count). The topological polar surface area (TPSA) is 18.5 Å². The van der Waals surface area contributed by atoms with Crippen LogP contribution in [0.25, 0.3) is 0 Å². The summed E-state index contributed by atoms with van der Waals surface area (Å²) in [5, 5.41) is 0. The minimum Gasteiger partial charge on any atom is -0.490 e. The van der Waals surface area contributed by atoms with Crippen molar-refractivity contribution in [3.63, 3.8) is 0 Å². The second-order valence-corrected chi connectivity index (χ2v) is 5.26. The first-order valence-corrected chi connectivity index (χ1v) is 6.87. The van der Waals surface area contributed by atoms with E-state index >= 15 is 0 Å². The third-order valence-corrected chi connectivity index (χ3v) is 4.25. The SMILES string of the molecule is Cc1cccc(OCC2(CS)CCOCC2)c1F. The predicted molar refractivity (Wildman–Crippen MR) is 73.0 cm³/mol. The highest BCUT2D eigenvalue weighted by molar-refractivity contribution is 7.80. The lowest BCUT2D eigenvalue weighted by atomic mass is 9.83. The molecule has 1 fully saturated rings. The normalized spacial score (nSPS) is 18.6. The zero-order chi connectivity index (χ0) is 13.0. The summed E-state index contributed by atoms with van der Waals surface area (Å²) < 4.78 is 24.8. The summed E-state index contributed by atoms with van der Waals surface area (Å²) in [7, 11) is 0. The highest BCUT2D eigenvalue weighted by Crippen LogP contribution is 2.33. The number of rotatable bonds is 4. The van der Waals surface area contributed by atoms with Gasteiger partial charge in [0.05, 0.1) is 6.61 Å². The first kappa shape index (κ1) is 13.7. The van der Waals surface area contributed by atoms with Gasteiger partial charge in [-0.3, -0.25) is 0 Å². The molecular weight excluding hydrogens is 251 g/mol. The Morgan fingerprint density at radius 3 is 2.78 bits per heavy atom. The standard InChI is InChI=1S/C14H19FO2S/c1-11-3-2-4-12(13(11)15)17-9-14(10-18)5-7-16-8-6-14/h2-4,18H,5-10H2,1H3. The number of ether oxygens (including phenoxy) is 2. The van der Waals surface area contributed by atoms with Crippen molar-refractivity contribution in [3.05, 3.63) is 29.6 Å². The van der Waals surface area contributed by atoms with Crippen LogP contribution < -0.4 is 4.74 Å². The average molecular weight is 270 g/mol. The van der Waals surface area contributed by atoms with Gasteiger partial charge in [-0.15, -0.1) is 0 Å². The van der Waals surface area contributed by atoms with Crippen LogP contribution in [0.15, 0.2) is 18.2 Å². The summed E-state index contributed by atoms with van der Waals surface area (Å²) in [5.74, 6) is 0.811. The smallest absolute Gasteiger partial charge is 0.167 e. The first-order chi connectivity index (χ1) is 8.67. The van der Waals surface area contributed by atoms with E-state index in [4.69, 9.17) is 9.47 Å². The number of thiol groups is 1. The van der Waals surface area contributed by atoms with Gasteiger partial charge in [-0.2, -0.15) is 12.6 Å². The van der Waals surface area contributed by atoms with E-state index in [1.165, 1.54) is 0 Å². The van der Waals surface area contributed by atoms with Gasteiger partial charge in [0.15, 0.2) is 11.6 Å². The molecule has 0 unspecified atom stereocenters.